The van der Waals surface area contributed by atoms with Crippen LogP contribution in [0.1, 0.15) is 45.4 Å². The molecule has 2 aliphatic heterocycles. The molecule has 3 unspecified atom stereocenters. The number of fused-ring (bicyclic) bond motifs is 1. The summed E-state index contributed by atoms with van der Waals surface area (Å²) in [6.07, 6.45) is 6.61. The molecule has 4 heteroatoms. The molecule has 0 aromatic heterocycles. The van der Waals surface area contributed by atoms with Crippen molar-refractivity contribution in [1.29, 1.82) is 0 Å². The first kappa shape index (κ1) is 13.4. The summed E-state index contributed by atoms with van der Waals surface area (Å²) < 4.78 is 0. The molecule has 0 spiro atoms. The van der Waals surface area contributed by atoms with Crippen LogP contribution in [0.4, 0.5) is 0 Å². The molecule has 108 valence electrons. The molecule has 0 aromatic carbocycles. The van der Waals surface area contributed by atoms with Crippen molar-refractivity contribution in [3.8, 4) is 0 Å². The topological polar surface area (TPSA) is 49.6 Å². The fraction of sp³-hybridized carbons (Fsp3) is 0.933. The van der Waals surface area contributed by atoms with Crippen LogP contribution in [0.3, 0.4) is 0 Å². The zero-order valence-corrected chi connectivity index (χ0v) is 12.1. The summed E-state index contributed by atoms with van der Waals surface area (Å²) in [7, 11) is 0. The molecule has 1 aliphatic carbocycles. The summed E-state index contributed by atoms with van der Waals surface area (Å²) in [6.45, 7) is 6.28. The molecule has 3 aliphatic rings. The number of carbonyl (C=O) groups excluding carboxylic acids is 1. The highest BCUT2D eigenvalue weighted by atomic mass is 16.2. The van der Waals surface area contributed by atoms with Gasteiger partial charge in [0.25, 0.3) is 0 Å². The Bertz CT molecular complexity index is 359. The number of nitrogens with two attached hydrogens (primary N) is 1. The second-order valence-corrected chi connectivity index (χ2v) is 6.94. The van der Waals surface area contributed by atoms with Gasteiger partial charge >= 0.3 is 0 Å². The van der Waals surface area contributed by atoms with Crippen LogP contribution in [0, 0.1) is 5.92 Å². The highest BCUT2D eigenvalue weighted by Crippen LogP contribution is 2.33. The van der Waals surface area contributed by atoms with Crippen LogP contribution in [0.5, 0.6) is 0 Å². The maximum absolute atomic E-state index is 12.8. The van der Waals surface area contributed by atoms with E-state index in [1.165, 1.54) is 25.8 Å². The van der Waals surface area contributed by atoms with Gasteiger partial charge < -0.3 is 10.6 Å². The Morgan fingerprint density at radius 3 is 2.84 bits per heavy atom. The van der Waals surface area contributed by atoms with Gasteiger partial charge in [0.1, 0.15) is 0 Å². The summed E-state index contributed by atoms with van der Waals surface area (Å²) in [4.78, 5) is 17.4. The second-order valence-electron chi connectivity index (χ2n) is 6.94. The van der Waals surface area contributed by atoms with E-state index in [0.29, 0.717) is 12.0 Å². The summed E-state index contributed by atoms with van der Waals surface area (Å²) >= 11 is 0. The molecule has 4 nitrogen and oxygen atoms in total. The predicted molar refractivity (Wildman–Crippen MR) is 75.7 cm³/mol. The number of piperazine rings is 1. The minimum Gasteiger partial charge on any atom is -0.338 e. The number of hydrogen-bond acceptors (Lipinski definition) is 3. The Morgan fingerprint density at radius 2 is 2.05 bits per heavy atom. The van der Waals surface area contributed by atoms with Gasteiger partial charge in [0.05, 0.1) is 5.54 Å². The van der Waals surface area contributed by atoms with E-state index in [1.54, 1.807) is 0 Å². The Labute approximate surface area is 116 Å². The minimum atomic E-state index is -0.571. The molecule has 3 atom stereocenters. The molecular formula is C15H27N3O. The summed E-state index contributed by atoms with van der Waals surface area (Å²) in [5.41, 5.74) is 5.89. The van der Waals surface area contributed by atoms with E-state index in [2.05, 4.69) is 16.7 Å². The van der Waals surface area contributed by atoms with Crippen molar-refractivity contribution in [2.45, 2.75) is 57.0 Å². The van der Waals surface area contributed by atoms with E-state index in [4.69, 9.17) is 5.73 Å². The maximum Gasteiger partial charge on any atom is 0.242 e. The van der Waals surface area contributed by atoms with Crippen molar-refractivity contribution in [2.75, 3.05) is 26.2 Å². The monoisotopic (exact) mass is 265 g/mol. The summed E-state index contributed by atoms with van der Waals surface area (Å²) in [5.74, 6) is 0.820. The lowest BCUT2D eigenvalue weighted by molar-refractivity contribution is -0.141. The zero-order valence-electron chi connectivity index (χ0n) is 12.1. The molecule has 2 N–H and O–H groups in total. The quantitative estimate of drug-likeness (QED) is 0.775. The van der Waals surface area contributed by atoms with E-state index in [9.17, 15) is 4.79 Å². The highest BCUT2D eigenvalue weighted by Gasteiger charge is 2.43. The van der Waals surface area contributed by atoms with Gasteiger partial charge in [-0.3, -0.25) is 9.69 Å². The van der Waals surface area contributed by atoms with Crippen molar-refractivity contribution in [2.24, 2.45) is 11.7 Å². The van der Waals surface area contributed by atoms with Crippen LogP contribution in [-0.2, 0) is 4.79 Å². The Hall–Kier alpha value is -0.610. The molecule has 19 heavy (non-hydrogen) atoms. The highest BCUT2D eigenvalue weighted by molar-refractivity contribution is 5.86. The van der Waals surface area contributed by atoms with Crippen LogP contribution in [0.25, 0.3) is 0 Å². The molecular weight excluding hydrogens is 238 g/mol. The number of rotatable bonds is 1. The molecule has 1 amide bonds. The third kappa shape index (κ3) is 2.52. The van der Waals surface area contributed by atoms with Crippen molar-refractivity contribution < 1.29 is 4.79 Å². The van der Waals surface area contributed by atoms with E-state index in [1.807, 2.05) is 0 Å². The molecule has 2 heterocycles. The van der Waals surface area contributed by atoms with E-state index < -0.39 is 5.54 Å². The van der Waals surface area contributed by atoms with Crippen LogP contribution < -0.4 is 5.73 Å². The van der Waals surface area contributed by atoms with Crippen molar-refractivity contribution in [3.63, 3.8) is 0 Å². The fourth-order valence-corrected chi connectivity index (χ4v) is 4.28. The fourth-order valence-electron chi connectivity index (χ4n) is 4.28. The Kier molecular flexibility index (Phi) is 3.56. The minimum absolute atomic E-state index is 0.227. The molecule has 0 bridgehead atoms. The van der Waals surface area contributed by atoms with Gasteiger partial charge in [-0.15, -0.1) is 0 Å². The first-order valence-corrected chi connectivity index (χ1v) is 7.91. The average molecular weight is 265 g/mol. The summed E-state index contributed by atoms with van der Waals surface area (Å²) in [6, 6.07) is 0.599. The van der Waals surface area contributed by atoms with Crippen LogP contribution in [-0.4, -0.2) is 53.5 Å². The lowest BCUT2D eigenvalue weighted by atomic mass is 9.76. The molecule has 1 saturated carbocycles. The molecule has 2 saturated heterocycles. The number of nitrogens with zero attached hydrogens (tertiary/aromatic N) is 2. The van der Waals surface area contributed by atoms with Gasteiger partial charge in [0.15, 0.2) is 0 Å². The number of carbonyl (C=O) groups is 1. The third-order valence-electron chi connectivity index (χ3n) is 5.33. The van der Waals surface area contributed by atoms with Gasteiger partial charge in [-0.2, -0.15) is 0 Å². The van der Waals surface area contributed by atoms with Crippen LogP contribution >= 0.6 is 0 Å². The molecule has 0 aromatic rings. The largest absolute Gasteiger partial charge is 0.338 e. The van der Waals surface area contributed by atoms with Gasteiger partial charge in [-0.05, 0) is 38.1 Å². The van der Waals surface area contributed by atoms with Gasteiger partial charge in [0, 0.05) is 25.7 Å². The van der Waals surface area contributed by atoms with Crippen molar-refractivity contribution in [1.82, 2.24) is 9.80 Å². The van der Waals surface area contributed by atoms with Crippen molar-refractivity contribution in [3.05, 3.63) is 0 Å². The number of amides is 1. The number of hydrogen-bond donors (Lipinski definition) is 1. The standard InChI is InChI=1S/C15H27N3O/c1-12-4-2-6-15(16,10-12)14(19)18-9-8-17-7-3-5-13(17)11-18/h12-13H,2-11,16H2,1H3. The Morgan fingerprint density at radius 1 is 1.21 bits per heavy atom. The summed E-state index contributed by atoms with van der Waals surface area (Å²) in [5, 5.41) is 0. The third-order valence-corrected chi connectivity index (χ3v) is 5.33. The van der Waals surface area contributed by atoms with Gasteiger partial charge in [0.2, 0.25) is 5.91 Å². The maximum atomic E-state index is 12.8. The normalized spacial score (nSPS) is 40.2. The molecule has 0 radical (unpaired) electrons. The van der Waals surface area contributed by atoms with E-state index >= 15 is 0 Å². The van der Waals surface area contributed by atoms with Crippen LogP contribution in [0.15, 0.2) is 0 Å². The Balaban J connectivity index is 1.66. The SMILES string of the molecule is CC1CCCC(N)(C(=O)N2CCN3CCCC3C2)C1. The van der Waals surface area contributed by atoms with Gasteiger partial charge in [-0.1, -0.05) is 19.8 Å². The zero-order chi connectivity index (χ0) is 13.5. The lowest BCUT2D eigenvalue weighted by Crippen LogP contribution is -2.62. The smallest absolute Gasteiger partial charge is 0.242 e. The second kappa shape index (κ2) is 5.06. The average Bonchev–Trinajstić information content (AvgIpc) is 2.84. The van der Waals surface area contributed by atoms with Crippen LogP contribution in [0.2, 0.25) is 0 Å². The van der Waals surface area contributed by atoms with Crippen molar-refractivity contribution >= 4 is 5.91 Å². The molecule has 3 fully saturated rings. The van der Waals surface area contributed by atoms with E-state index in [-0.39, 0.29) is 5.91 Å². The first-order chi connectivity index (χ1) is 9.08. The predicted octanol–water partition coefficient (Wildman–Crippen LogP) is 1.20. The molecule has 3 rings (SSSR count). The van der Waals surface area contributed by atoms with Gasteiger partial charge in [-0.25, -0.2) is 0 Å². The van der Waals surface area contributed by atoms with E-state index in [0.717, 1.165) is 38.9 Å². The first-order valence-electron chi connectivity index (χ1n) is 7.91. The lowest BCUT2D eigenvalue weighted by Gasteiger charge is -2.43.